The number of benzene rings is 1. The minimum Gasteiger partial charge on any atom is -0.489 e. The normalized spacial score (nSPS) is 11.4. The van der Waals surface area contributed by atoms with Crippen LogP contribution in [0, 0.1) is 0 Å². The standard InChI is InChI=1S/C17H20ClNO/c1-4-17(2,3)14-6-8-15(9-7-14)20-12-13-5-10-16(18)19-11-13/h5-11H,4,12H2,1-3H3. The third-order valence-corrected chi connectivity index (χ3v) is 3.94. The number of hydrogen-bond donors (Lipinski definition) is 0. The summed E-state index contributed by atoms with van der Waals surface area (Å²) in [5, 5.41) is 0.500. The summed E-state index contributed by atoms with van der Waals surface area (Å²) in [6.45, 7) is 7.21. The maximum absolute atomic E-state index is 5.75. The minimum absolute atomic E-state index is 0.207. The van der Waals surface area contributed by atoms with Crippen LogP contribution in [0.4, 0.5) is 0 Å². The van der Waals surface area contributed by atoms with Crippen molar-refractivity contribution in [3.8, 4) is 5.75 Å². The highest BCUT2D eigenvalue weighted by molar-refractivity contribution is 6.29. The summed E-state index contributed by atoms with van der Waals surface area (Å²) in [4.78, 5) is 4.03. The molecular weight excluding hydrogens is 270 g/mol. The molecule has 0 radical (unpaired) electrons. The molecule has 0 fully saturated rings. The zero-order chi connectivity index (χ0) is 14.6. The second-order valence-corrected chi connectivity index (χ2v) is 5.93. The first-order chi connectivity index (χ1) is 9.51. The zero-order valence-electron chi connectivity index (χ0n) is 12.2. The van der Waals surface area contributed by atoms with Crippen LogP contribution in [0.1, 0.15) is 38.3 Å². The van der Waals surface area contributed by atoms with Gasteiger partial charge in [0.15, 0.2) is 0 Å². The van der Waals surface area contributed by atoms with E-state index in [-0.39, 0.29) is 5.41 Å². The largest absolute Gasteiger partial charge is 0.489 e. The molecule has 0 saturated carbocycles. The van der Waals surface area contributed by atoms with Crippen molar-refractivity contribution in [1.29, 1.82) is 0 Å². The summed E-state index contributed by atoms with van der Waals surface area (Å²) in [5.74, 6) is 0.871. The zero-order valence-corrected chi connectivity index (χ0v) is 12.9. The summed E-state index contributed by atoms with van der Waals surface area (Å²) in [7, 11) is 0. The predicted molar refractivity (Wildman–Crippen MR) is 83.3 cm³/mol. The van der Waals surface area contributed by atoms with E-state index in [2.05, 4.69) is 37.9 Å². The Morgan fingerprint density at radius 1 is 1.10 bits per heavy atom. The number of nitrogens with zero attached hydrogens (tertiary/aromatic N) is 1. The quantitative estimate of drug-likeness (QED) is 0.723. The first-order valence-corrected chi connectivity index (χ1v) is 7.23. The highest BCUT2D eigenvalue weighted by atomic mass is 35.5. The molecule has 1 aromatic carbocycles. The Morgan fingerprint density at radius 2 is 1.80 bits per heavy atom. The molecule has 0 amide bonds. The third-order valence-electron chi connectivity index (χ3n) is 3.71. The minimum atomic E-state index is 0.207. The van der Waals surface area contributed by atoms with Crippen LogP contribution in [0.15, 0.2) is 42.6 Å². The van der Waals surface area contributed by atoms with Crippen molar-refractivity contribution in [3.63, 3.8) is 0 Å². The second-order valence-electron chi connectivity index (χ2n) is 5.54. The van der Waals surface area contributed by atoms with Gasteiger partial charge in [-0.25, -0.2) is 4.98 Å². The van der Waals surface area contributed by atoms with Gasteiger partial charge in [-0.15, -0.1) is 0 Å². The number of halogens is 1. The summed E-state index contributed by atoms with van der Waals surface area (Å²) in [5.41, 5.74) is 2.55. The first kappa shape index (κ1) is 14.9. The van der Waals surface area contributed by atoms with Crippen molar-refractivity contribution in [2.45, 2.75) is 39.2 Å². The van der Waals surface area contributed by atoms with Gasteiger partial charge >= 0.3 is 0 Å². The van der Waals surface area contributed by atoms with Crippen LogP contribution in [-0.2, 0) is 12.0 Å². The van der Waals surface area contributed by atoms with Crippen LogP contribution < -0.4 is 4.74 Å². The van der Waals surface area contributed by atoms with Crippen LogP contribution in [0.25, 0.3) is 0 Å². The summed E-state index contributed by atoms with van der Waals surface area (Å²) >= 11 is 5.75. The molecule has 2 rings (SSSR count). The van der Waals surface area contributed by atoms with Gasteiger partial charge in [-0.3, -0.25) is 0 Å². The number of hydrogen-bond acceptors (Lipinski definition) is 2. The second kappa shape index (κ2) is 6.27. The van der Waals surface area contributed by atoms with Gasteiger partial charge in [0, 0.05) is 11.8 Å². The molecule has 1 aromatic heterocycles. The number of ether oxygens (including phenoxy) is 1. The van der Waals surface area contributed by atoms with Crippen molar-refractivity contribution in [2.75, 3.05) is 0 Å². The van der Waals surface area contributed by atoms with E-state index in [9.17, 15) is 0 Å². The van der Waals surface area contributed by atoms with Crippen LogP contribution >= 0.6 is 11.6 Å². The Morgan fingerprint density at radius 3 is 2.35 bits per heavy atom. The van der Waals surface area contributed by atoms with E-state index < -0.39 is 0 Å². The van der Waals surface area contributed by atoms with Gasteiger partial charge in [0.05, 0.1) is 0 Å². The Labute approximate surface area is 125 Å². The Bertz CT molecular complexity index is 546. The van der Waals surface area contributed by atoms with E-state index in [1.54, 1.807) is 12.3 Å². The molecule has 0 unspecified atom stereocenters. The fourth-order valence-corrected chi connectivity index (χ4v) is 1.98. The topological polar surface area (TPSA) is 22.1 Å². The lowest BCUT2D eigenvalue weighted by Crippen LogP contribution is -2.15. The predicted octanol–water partition coefficient (Wildman–Crippen LogP) is 5.00. The van der Waals surface area contributed by atoms with E-state index in [4.69, 9.17) is 16.3 Å². The molecule has 0 aliphatic heterocycles. The van der Waals surface area contributed by atoms with Gasteiger partial charge in [0.2, 0.25) is 0 Å². The van der Waals surface area contributed by atoms with Crippen molar-refractivity contribution >= 4 is 11.6 Å². The number of aromatic nitrogens is 1. The summed E-state index contributed by atoms with van der Waals surface area (Å²) < 4.78 is 5.75. The lowest BCUT2D eigenvalue weighted by atomic mass is 9.82. The molecule has 2 aromatic rings. The lowest BCUT2D eigenvalue weighted by molar-refractivity contribution is 0.305. The molecule has 3 heteroatoms. The highest BCUT2D eigenvalue weighted by Gasteiger charge is 2.17. The van der Waals surface area contributed by atoms with Gasteiger partial charge in [-0.1, -0.05) is 50.6 Å². The third kappa shape index (κ3) is 3.73. The molecule has 2 nitrogen and oxygen atoms in total. The van der Waals surface area contributed by atoms with Crippen molar-refractivity contribution in [3.05, 3.63) is 58.9 Å². The summed E-state index contributed by atoms with van der Waals surface area (Å²) in [6.07, 6.45) is 2.85. The SMILES string of the molecule is CCC(C)(C)c1ccc(OCc2ccc(Cl)nc2)cc1. The van der Waals surface area contributed by atoms with Crippen LogP contribution in [0.3, 0.4) is 0 Å². The molecular formula is C17H20ClNO. The van der Waals surface area contributed by atoms with Crippen LogP contribution in [-0.4, -0.2) is 4.98 Å². The van der Waals surface area contributed by atoms with E-state index >= 15 is 0 Å². The Kier molecular flexibility index (Phi) is 4.66. The van der Waals surface area contributed by atoms with E-state index in [0.29, 0.717) is 11.8 Å². The fourth-order valence-electron chi connectivity index (χ4n) is 1.86. The van der Waals surface area contributed by atoms with Gasteiger partial charge in [0.25, 0.3) is 0 Å². The van der Waals surface area contributed by atoms with E-state index in [0.717, 1.165) is 17.7 Å². The monoisotopic (exact) mass is 289 g/mol. The van der Waals surface area contributed by atoms with Gasteiger partial charge in [-0.2, -0.15) is 0 Å². The molecule has 20 heavy (non-hydrogen) atoms. The highest BCUT2D eigenvalue weighted by Crippen LogP contribution is 2.28. The van der Waals surface area contributed by atoms with Gasteiger partial charge in [-0.05, 0) is 35.6 Å². The van der Waals surface area contributed by atoms with Gasteiger partial charge < -0.3 is 4.74 Å². The maximum atomic E-state index is 5.75. The molecule has 106 valence electrons. The molecule has 0 spiro atoms. The molecule has 0 saturated heterocycles. The molecule has 0 N–H and O–H groups in total. The Hall–Kier alpha value is -1.54. The molecule has 0 aliphatic carbocycles. The average Bonchev–Trinajstić information content (AvgIpc) is 2.47. The van der Waals surface area contributed by atoms with E-state index in [1.165, 1.54) is 5.56 Å². The van der Waals surface area contributed by atoms with Crippen molar-refractivity contribution < 1.29 is 4.74 Å². The number of rotatable bonds is 5. The fraction of sp³-hybridized carbons (Fsp3) is 0.353. The van der Waals surface area contributed by atoms with Crippen LogP contribution in [0.2, 0.25) is 5.15 Å². The van der Waals surface area contributed by atoms with Crippen molar-refractivity contribution in [2.24, 2.45) is 0 Å². The molecule has 0 atom stereocenters. The van der Waals surface area contributed by atoms with Crippen molar-refractivity contribution in [1.82, 2.24) is 4.98 Å². The molecule has 1 heterocycles. The summed E-state index contributed by atoms with van der Waals surface area (Å²) in [6, 6.07) is 12.0. The average molecular weight is 290 g/mol. The van der Waals surface area contributed by atoms with Gasteiger partial charge in [0.1, 0.15) is 17.5 Å². The Balaban J connectivity index is 1.99. The molecule has 0 bridgehead atoms. The van der Waals surface area contributed by atoms with E-state index in [1.807, 2.05) is 18.2 Å². The first-order valence-electron chi connectivity index (χ1n) is 6.85. The lowest BCUT2D eigenvalue weighted by Gasteiger charge is -2.23. The number of pyridine rings is 1. The van der Waals surface area contributed by atoms with Crippen LogP contribution in [0.5, 0.6) is 5.75 Å². The maximum Gasteiger partial charge on any atom is 0.129 e. The molecule has 0 aliphatic rings. The smallest absolute Gasteiger partial charge is 0.129 e.